The number of hydrogen-bond acceptors (Lipinski definition) is 4. The molecule has 140 valence electrons. The molecule has 0 aliphatic carbocycles. The van der Waals surface area contributed by atoms with E-state index in [9.17, 15) is 14.0 Å². The number of rotatable bonds is 7. The van der Waals surface area contributed by atoms with Gasteiger partial charge in [-0.25, -0.2) is 9.37 Å². The van der Waals surface area contributed by atoms with Crippen molar-refractivity contribution in [1.82, 2.24) is 9.55 Å². The smallest absolute Gasteiger partial charge is 0.262 e. The van der Waals surface area contributed by atoms with Crippen LogP contribution in [0.2, 0.25) is 0 Å². The molecule has 4 nitrogen and oxygen atoms in total. The van der Waals surface area contributed by atoms with Crippen molar-refractivity contribution in [3.05, 3.63) is 70.3 Å². The highest BCUT2D eigenvalue weighted by molar-refractivity contribution is 7.99. The molecule has 0 atom stereocenters. The van der Waals surface area contributed by atoms with Crippen LogP contribution in [0.4, 0.5) is 4.39 Å². The quantitative estimate of drug-likeness (QED) is 0.252. The van der Waals surface area contributed by atoms with Gasteiger partial charge in [-0.1, -0.05) is 23.9 Å². The number of benzene rings is 2. The van der Waals surface area contributed by atoms with Gasteiger partial charge in [-0.15, -0.1) is 0 Å². The van der Waals surface area contributed by atoms with E-state index in [2.05, 4.69) is 4.98 Å². The maximum absolute atomic E-state index is 12.9. The summed E-state index contributed by atoms with van der Waals surface area (Å²) in [5.41, 5.74) is 1.16. The Balaban J connectivity index is 1.69. The van der Waals surface area contributed by atoms with Crippen LogP contribution in [0.3, 0.4) is 0 Å². The fraction of sp³-hybridized carbons (Fsp3) is 0.286. The minimum Gasteiger partial charge on any atom is -0.294 e. The van der Waals surface area contributed by atoms with Gasteiger partial charge in [0, 0.05) is 23.8 Å². The minimum atomic E-state index is -0.351. The van der Waals surface area contributed by atoms with Crippen LogP contribution in [0.25, 0.3) is 10.9 Å². The minimum absolute atomic E-state index is 0.00190. The summed E-state index contributed by atoms with van der Waals surface area (Å²) in [6.07, 6.45) is 1.03. The van der Waals surface area contributed by atoms with Crippen LogP contribution < -0.4 is 5.56 Å². The topological polar surface area (TPSA) is 52.0 Å². The van der Waals surface area contributed by atoms with Gasteiger partial charge in [-0.05, 0) is 56.7 Å². The molecule has 1 heterocycles. The Morgan fingerprint density at radius 1 is 1.15 bits per heavy atom. The van der Waals surface area contributed by atoms with Crippen molar-refractivity contribution in [2.45, 2.75) is 37.9 Å². The fourth-order valence-electron chi connectivity index (χ4n) is 2.86. The summed E-state index contributed by atoms with van der Waals surface area (Å²) in [5, 5.41) is 1.28. The van der Waals surface area contributed by atoms with Crippen LogP contribution in [0.1, 0.15) is 43.1 Å². The summed E-state index contributed by atoms with van der Waals surface area (Å²) in [4.78, 5) is 29.6. The van der Waals surface area contributed by atoms with E-state index in [-0.39, 0.29) is 23.2 Å². The van der Waals surface area contributed by atoms with Crippen LogP contribution in [0.5, 0.6) is 0 Å². The molecule has 6 heteroatoms. The molecule has 0 radical (unpaired) electrons. The zero-order chi connectivity index (χ0) is 19.4. The first-order valence-electron chi connectivity index (χ1n) is 8.90. The SMILES string of the molecule is CC(C)n1c(SCCCC(=O)c2ccc(F)cc2)nc2ccccc2c1=O. The number of thioether (sulfide) groups is 1. The third kappa shape index (κ3) is 4.45. The molecule has 0 bridgehead atoms. The molecule has 3 aromatic rings. The molecule has 0 aliphatic heterocycles. The third-order valence-electron chi connectivity index (χ3n) is 4.24. The standard InChI is InChI=1S/C21H21FN2O2S/c1-14(2)24-20(26)17-6-3-4-7-18(17)23-21(24)27-13-5-8-19(25)15-9-11-16(22)12-10-15/h3-4,6-7,9-12,14H,5,8,13H2,1-2H3. The zero-order valence-corrected chi connectivity index (χ0v) is 16.1. The Hall–Kier alpha value is -2.47. The summed E-state index contributed by atoms with van der Waals surface area (Å²) in [7, 11) is 0. The lowest BCUT2D eigenvalue weighted by atomic mass is 10.1. The fourth-order valence-corrected chi connectivity index (χ4v) is 3.93. The summed E-state index contributed by atoms with van der Waals surface area (Å²) >= 11 is 1.48. The van der Waals surface area contributed by atoms with Gasteiger partial charge < -0.3 is 0 Å². The number of para-hydroxylation sites is 1. The molecule has 27 heavy (non-hydrogen) atoms. The summed E-state index contributed by atoms with van der Waals surface area (Å²) in [5.74, 6) is 0.309. The van der Waals surface area contributed by atoms with Gasteiger partial charge in [-0.3, -0.25) is 14.2 Å². The van der Waals surface area contributed by atoms with Gasteiger partial charge in [0.25, 0.3) is 5.56 Å². The highest BCUT2D eigenvalue weighted by Gasteiger charge is 2.14. The number of carbonyl (C=O) groups excluding carboxylic acids is 1. The van der Waals surface area contributed by atoms with Crippen molar-refractivity contribution in [2.24, 2.45) is 0 Å². The molecule has 0 saturated carbocycles. The molecule has 0 N–H and O–H groups in total. The second-order valence-corrected chi connectivity index (χ2v) is 7.62. The van der Waals surface area contributed by atoms with E-state index in [1.165, 1.54) is 36.0 Å². The van der Waals surface area contributed by atoms with Crippen molar-refractivity contribution in [3.63, 3.8) is 0 Å². The van der Waals surface area contributed by atoms with E-state index in [0.717, 1.165) is 0 Å². The summed E-state index contributed by atoms with van der Waals surface area (Å²) in [6.45, 7) is 3.92. The van der Waals surface area contributed by atoms with Crippen molar-refractivity contribution in [1.29, 1.82) is 0 Å². The van der Waals surface area contributed by atoms with Gasteiger partial charge in [0.2, 0.25) is 0 Å². The lowest BCUT2D eigenvalue weighted by Gasteiger charge is -2.16. The Morgan fingerprint density at radius 2 is 1.85 bits per heavy atom. The predicted octanol–water partition coefficient (Wildman–Crippen LogP) is 4.87. The van der Waals surface area contributed by atoms with Crippen molar-refractivity contribution in [3.8, 4) is 0 Å². The van der Waals surface area contributed by atoms with Gasteiger partial charge >= 0.3 is 0 Å². The lowest BCUT2D eigenvalue weighted by Crippen LogP contribution is -2.25. The largest absolute Gasteiger partial charge is 0.294 e. The Bertz CT molecular complexity index is 1010. The third-order valence-corrected chi connectivity index (χ3v) is 5.28. The number of hydrogen-bond donors (Lipinski definition) is 0. The zero-order valence-electron chi connectivity index (χ0n) is 15.3. The molecule has 2 aromatic carbocycles. The van der Waals surface area contributed by atoms with Crippen molar-refractivity contribution >= 4 is 28.4 Å². The van der Waals surface area contributed by atoms with Crippen LogP contribution >= 0.6 is 11.8 Å². The summed E-state index contributed by atoms with van der Waals surface area (Å²) < 4.78 is 14.6. The highest BCUT2D eigenvalue weighted by Crippen LogP contribution is 2.22. The number of halogens is 1. The maximum atomic E-state index is 12.9. The number of fused-ring (bicyclic) bond motifs is 1. The van der Waals surface area contributed by atoms with Crippen LogP contribution in [0, 0.1) is 5.82 Å². The Kier molecular flexibility index (Phi) is 6.06. The number of Topliss-reactive ketones (excluding diaryl/α,β-unsaturated/α-hetero) is 1. The van der Waals surface area contributed by atoms with Gasteiger partial charge in [0.15, 0.2) is 10.9 Å². The van der Waals surface area contributed by atoms with Crippen LogP contribution in [0.15, 0.2) is 58.5 Å². The average Bonchev–Trinajstić information content (AvgIpc) is 2.65. The Labute approximate surface area is 161 Å². The van der Waals surface area contributed by atoms with Crippen LogP contribution in [-0.2, 0) is 0 Å². The maximum Gasteiger partial charge on any atom is 0.262 e. The number of aromatic nitrogens is 2. The normalized spacial score (nSPS) is 11.3. The molecular weight excluding hydrogens is 363 g/mol. The molecule has 1 aromatic heterocycles. The van der Waals surface area contributed by atoms with Gasteiger partial charge in [0.1, 0.15) is 5.82 Å². The van der Waals surface area contributed by atoms with E-state index in [1.807, 2.05) is 32.0 Å². The Morgan fingerprint density at radius 3 is 2.56 bits per heavy atom. The second-order valence-electron chi connectivity index (χ2n) is 6.56. The van der Waals surface area contributed by atoms with Gasteiger partial charge in [0.05, 0.1) is 10.9 Å². The van der Waals surface area contributed by atoms with E-state index < -0.39 is 0 Å². The molecule has 0 spiro atoms. The van der Waals surface area contributed by atoms with Crippen molar-refractivity contribution < 1.29 is 9.18 Å². The molecular formula is C21H21FN2O2S. The monoisotopic (exact) mass is 384 g/mol. The molecule has 0 unspecified atom stereocenters. The average molecular weight is 384 g/mol. The molecule has 0 amide bonds. The predicted molar refractivity (Wildman–Crippen MR) is 107 cm³/mol. The lowest BCUT2D eigenvalue weighted by molar-refractivity contribution is 0.0982. The van der Waals surface area contributed by atoms with E-state index >= 15 is 0 Å². The van der Waals surface area contributed by atoms with E-state index in [1.54, 1.807) is 10.6 Å². The van der Waals surface area contributed by atoms with Crippen molar-refractivity contribution in [2.75, 3.05) is 5.75 Å². The highest BCUT2D eigenvalue weighted by atomic mass is 32.2. The number of nitrogens with zero attached hydrogens (tertiary/aromatic N) is 2. The second kappa shape index (κ2) is 8.48. The molecule has 3 rings (SSSR count). The van der Waals surface area contributed by atoms with Crippen LogP contribution in [-0.4, -0.2) is 21.1 Å². The van der Waals surface area contributed by atoms with Gasteiger partial charge in [-0.2, -0.15) is 0 Å². The first-order valence-corrected chi connectivity index (χ1v) is 9.89. The van der Waals surface area contributed by atoms with E-state index in [0.29, 0.717) is 40.2 Å². The molecule has 0 fully saturated rings. The molecule has 0 saturated heterocycles. The van der Waals surface area contributed by atoms with E-state index in [4.69, 9.17) is 0 Å². The number of carbonyl (C=O) groups is 1. The summed E-state index contributed by atoms with van der Waals surface area (Å²) in [6, 6.07) is 12.9. The first kappa shape index (κ1) is 19.3. The first-order chi connectivity index (χ1) is 13.0. The number of ketones is 1. The molecule has 0 aliphatic rings.